The largest absolute Gasteiger partial charge is 0.398 e. The number of nitrogens with two attached hydrogens (primary N) is 1. The van der Waals surface area contributed by atoms with Crippen LogP contribution < -0.4 is 11.3 Å². The van der Waals surface area contributed by atoms with Gasteiger partial charge in [-0.1, -0.05) is 0 Å². The summed E-state index contributed by atoms with van der Waals surface area (Å²) in [4.78, 5) is 16.2. The van der Waals surface area contributed by atoms with Gasteiger partial charge in [0.2, 0.25) is 0 Å². The number of nitrogen functional groups attached to an aromatic ring is 1. The number of rotatable bonds is 4. The van der Waals surface area contributed by atoms with Crippen molar-refractivity contribution >= 4 is 5.69 Å². The molecule has 0 bridgehead atoms. The summed E-state index contributed by atoms with van der Waals surface area (Å²) in [7, 11) is 3.39. The van der Waals surface area contributed by atoms with Gasteiger partial charge < -0.3 is 15.1 Å². The molecule has 0 atom stereocenters. The van der Waals surface area contributed by atoms with Crippen LogP contribution in [-0.2, 0) is 11.4 Å². The minimum Gasteiger partial charge on any atom is -0.398 e. The molecule has 0 aliphatic carbocycles. The van der Waals surface area contributed by atoms with Gasteiger partial charge in [-0.25, -0.2) is 0 Å². The van der Waals surface area contributed by atoms with Crippen LogP contribution in [0.4, 0.5) is 5.69 Å². The molecular weight excluding hydrogens is 182 g/mol. The SMILES string of the molecule is CON(C)CCn1cc(N)ccc1=O. The molecule has 0 saturated carbocycles. The molecule has 0 amide bonds. The lowest BCUT2D eigenvalue weighted by molar-refractivity contribution is -0.110. The van der Waals surface area contributed by atoms with E-state index >= 15 is 0 Å². The molecule has 1 rings (SSSR count). The van der Waals surface area contributed by atoms with Crippen LogP contribution in [-0.4, -0.2) is 30.3 Å². The molecular formula is C9H15N3O2. The Labute approximate surface area is 82.6 Å². The molecule has 78 valence electrons. The number of nitrogens with zero attached hydrogens (tertiary/aromatic N) is 2. The maximum absolute atomic E-state index is 11.3. The molecule has 14 heavy (non-hydrogen) atoms. The highest BCUT2D eigenvalue weighted by molar-refractivity contribution is 5.33. The van der Waals surface area contributed by atoms with Gasteiger partial charge in [0.15, 0.2) is 0 Å². The first kappa shape index (κ1) is 10.7. The van der Waals surface area contributed by atoms with Crippen molar-refractivity contribution in [2.75, 3.05) is 26.4 Å². The van der Waals surface area contributed by atoms with Gasteiger partial charge in [0.1, 0.15) is 0 Å². The lowest BCUT2D eigenvalue weighted by atomic mass is 10.4. The predicted molar refractivity (Wildman–Crippen MR) is 54.8 cm³/mol. The Kier molecular flexibility index (Phi) is 3.67. The van der Waals surface area contributed by atoms with Crippen LogP contribution >= 0.6 is 0 Å². The number of likely N-dealkylation sites (N-methyl/N-ethyl adjacent to an activating group) is 1. The van der Waals surface area contributed by atoms with Gasteiger partial charge in [0, 0.05) is 38.1 Å². The van der Waals surface area contributed by atoms with E-state index in [1.807, 2.05) is 0 Å². The Bertz CT molecular complexity index is 348. The summed E-state index contributed by atoms with van der Waals surface area (Å²) in [6.45, 7) is 1.20. The zero-order valence-corrected chi connectivity index (χ0v) is 8.43. The van der Waals surface area contributed by atoms with Crippen LogP contribution in [0.3, 0.4) is 0 Å². The van der Waals surface area contributed by atoms with E-state index in [9.17, 15) is 4.79 Å². The number of hydrogen-bond acceptors (Lipinski definition) is 4. The second-order valence-corrected chi connectivity index (χ2v) is 3.03. The number of aromatic nitrogens is 1. The van der Waals surface area contributed by atoms with E-state index in [2.05, 4.69) is 0 Å². The Morgan fingerprint density at radius 1 is 1.57 bits per heavy atom. The third-order valence-corrected chi connectivity index (χ3v) is 1.97. The van der Waals surface area contributed by atoms with Crippen LogP contribution in [0, 0.1) is 0 Å². The molecule has 0 aliphatic heterocycles. The van der Waals surface area contributed by atoms with E-state index in [4.69, 9.17) is 10.6 Å². The minimum absolute atomic E-state index is 0.0521. The van der Waals surface area contributed by atoms with Crippen LogP contribution in [0.1, 0.15) is 0 Å². The average Bonchev–Trinajstić information content (AvgIpc) is 2.19. The number of pyridine rings is 1. The first-order chi connectivity index (χ1) is 6.63. The van der Waals surface area contributed by atoms with Crippen LogP contribution in [0.15, 0.2) is 23.1 Å². The molecule has 1 heterocycles. The zero-order chi connectivity index (χ0) is 10.6. The Balaban J connectivity index is 2.67. The molecule has 0 aliphatic rings. The average molecular weight is 197 g/mol. The monoisotopic (exact) mass is 197 g/mol. The second kappa shape index (κ2) is 4.78. The maximum Gasteiger partial charge on any atom is 0.250 e. The van der Waals surface area contributed by atoms with Gasteiger partial charge >= 0.3 is 0 Å². The molecule has 1 aromatic rings. The smallest absolute Gasteiger partial charge is 0.250 e. The van der Waals surface area contributed by atoms with E-state index in [1.54, 1.807) is 36.1 Å². The Morgan fingerprint density at radius 2 is 2.29 bits per heavy atom. The molecule has 0 unspecified atom stereocenters. The standard InChI is InChI=1S/C9H15N3O2/c1-11(14-2)5-6-12-7-8(10)3-4-9(12)13/h3-4,7H,5-6,10H2,1-2H3. The molecule has 0 fully saturated rings. The zero-order valence-electron chi connectivity index (χ0n) is 8.43. The van der Waals surface area contributed by atoms with Gasteiger partial charge in [-0.2, -0.15) is 5.06 Å². The van der Waals surface area contributed by atoms with Crippen molar-refractivity contribution in [3.8, 4) is 0 Å². The fourth-order valence-corrected chi connectivity index (χ4v) is 1.06. The van der Waals surface area contributed by atoms with Crippen molar-refractivity contribution in [1.82, 2.24) is 9.63 Å². The molecule has 2 N–H and O–H groups in total. The van der Waals surface area contributed by atoms with Crippen molar-refractivity contribution in [3.63, 3.8) is 0 Å². The van der Waals surface area contributed by atoms with E-state index in [-0.39, 0.29) is 5.56 Å². The van der Waals surface area contributed by atoms with Crippen molar-refractivity contribution in [2.24, 2.45) is 0 Å². The van der Waals surface area contributed by atoms with Gasteiger partial charge in [-0.3, -0.25) is 4.79 Å². The highest BCUT2D eigenvalue weighted by atomic mass is 16.7. The highest BCUT2D eigenvalue weighted by Crippen LogP contribution is 1.95. The predicted octanol–water partition coefficient (Wildman–Crippen LogP) is -0.0763. The molecule has 5 nitrogen and oxygen atoms in total. The van der Waals surface area contributed by atoms with Crippen LogP contribution in [0.5, 0.6) is 0 Å². The van der Waals surface area contributed by atoms with Gasteiger partial charge in [0.05, 0.1) is 7.11 Å². The van der Waals surface area contributed by atoms with Gasteiger partial charge in [-0.05, 0) is 6.07 Å². The van der Waals surface area contributed by atoms with Gasteiger partial charge in [-0.15, -0.1) is 0 Å². The third kappa shape index (κ3) is 2.86. The summed E-state index contributed by atoms with van der Waals surface area (Å²) < 4.78 is 1.56. The fraction of sp³-hybridized carbons (Fsp3) is 0.444. The molecule has 0 saturated heterocycles. The Morgan fingerprint density at radius 3 is 2.93 bits per heavy atom. The van der Waals surface area contributed by atoms with Gasteiger partial charge in [0.25, 0.3) is 5.56 Å². The molecule has 5 heteroatoms. The molecule has 0 spiro atoms. The summed E-state index contributed by atoms with van der Waals surface area (Å²) in [5.41, 5.74) is 6.10. The maximum atomic E-state index is 11.3. The highest BCUT2D eigenvalue weighted by Gasteiger charge is 1.99. The van der Waals surface area contributed by atoms with Crippen molar-refractivity contribution in [3.05, 3.63) is 28.7 Å². The van der Waals surface area contributed by atoms with Crippen LogP contribution in [0.25, 0.3) is 0 Å². The summed E-state index contributed by atoms with van der Waals surface area (Å²) in [5, 5.41) is 1.65. The first-order valence-corrected chi connectivity index (χ1v) is 4.34. The fourth-order valence-electron chi connectivity index (χ4n) is 1.06. The van der Waals surface area contributed by atoms with Crippen molar-refractivity contribution < 1.29 is 4.84 Å². The van der Waals surface area contributed by atoms with E-state index in [0.29, 0.717) is 18.8 Å². The number of hydroxylamine groups is 2. The summed E-state index contributed by atoms with van der Waals surface area (Å²) in [6, 6.07) is 3.06. The lowest BCUT2D eigenvalue weighted by Crippen LogP contribution is -2.27. The first-order valence-electron chi connectivity index (χ1n) is 4.34. The van der Waals surface area contributed by atoms with E-state index < -0.39 is 0 Å². The quantitative estimate of drug-likeness (QED) is 0.686. The number of hydrogen-bond donors (Lipinski definition) is 1. The summed E-state index contributed by atoms with van der Waals surface area (Å²) >= 11 is 0. The normalized spacial score (nSPS) is 10.8. The minimum atomic E-state index is -0.0521. The lowest BCUT2D eigenvalue weighted by Gasteiger charge is -2.14. The topological polar surface area (TPSA) is 60.5 Å². The Hall–Kier alpha value is -1.33. The van der Waals surface area contributed by atoms with Crippen molar-refractivity contribution in [1.29, 1.82) is 0 Å². The van der Waals surface area contributed by atoms with Crippen molar-refractivity contribution in [2.45, 2.75) is 6.54 Å². The second-order valence-electron chi connectivity index (χ2n) is 3.03. The summed E-state index contributed by atoms with van der Waals surface area (Å²) in [5.74, 6) is 0. The molecule has 0 aromatic carbocycles. The van der Waals surface area contributed by atoms with E-state index in [0.717, 1.165) is 0 Å². The van der Waals surface area contributed by atoms with E-state index in [1.165, 1.54) is 6.07 Å². The summed E-state index contributed by atoms with van der Waals surface area (Å²) in [6.07, 6.45) is 1.63. The van der Waals surface area contributed by atoms with Crippen LogP contribution in [0.2, 0.25) is 0 Å². The molecule has 0 radical (unpaired) electrons. The third-order valence-electron chi connectivity index (χ3n) is 1.97. The number of anilines is 1. The molecule has 1 aromatic heterocycles.